The lowest BCUT2D eigenvalue weighted by atomic mass is 10.1. The number of nitrogens with one attached hydrogen (secondary N) is 1. The number of carboxylic acid groups (broad SMARTS) is 1. The third-order valence-electron chi connectivity index (χ3n) is 3.60. The summed E-state index contributed by atoms with van der Waals surface area (Å²) in [6.45, 7) is 6.89. The molecule has 0 aromatic heterocycles. The second-order valence-electron chi connectivity index (χ2n) is 5.50. The minimum atomic E-state index is -0.809. The SMILES string of the molecule is CCCCC(C)NC(=O)N1CCCN(CC(=O)O)CC1. The Balaban J connectivity index is 2.36. The molecule has 1 atom stereocenters. The van der Waals surface area contributed by atoms with E-state index in [0.717, 1.165) is 32.2 Å². The number of amides is 2. The lowest BCUT2D eigenvalue weighted by molar-refractivity contribution is -0.138. The molecule has 0 radical (unpaired) electrons. The Hall–Kier alpha value is -1.30. The number of hydrogen-bond acceptors (Lipinski definition) is 3. The highest BCUT2D eigenvalue weighted by atomic mass is 16.4. The summed E-state index contributed by atoms with van der Waals surface area (Å²) in [5.74, 6) is -0.809. The van der Waals surface area contributed by atoms with E-state index in [1.54, 1.807) is 4.90 Å². The van der Waals surface area contributed by atoms with E-state index in [0.29, 0.717) is 19.6 Å². The number of nitrogens with zero attached hydrogens (tertiary/aromatic N) is 2. The lowest BCUT2D eigenvalue weighted by Crippen LogP contribution is -2.45. The van der Waals surface area contributed by atoms with Gasteiger partial charge in [-0.2, -0.15) is 0 Å². The summed E-state index contributed by atoms with van der Waals surface area (Å²) >= 11 is 0. The Morgan fingerprint density at radius 3 is 2.65 bits per heavy atom. The zero-order valence-electron chi connectivity index (χ0n) is 12.6. The molecule has 1 aliphatic heterocycles. The van der Waals surface area contributed by atoms with Gasteiger partial charge in [0.15, 0.2) is 0 Å². The van der Waals surface area contributed by atoms with Gasteiger partial charge in [0.1, 0.15) is 0 Å². The fourth-order valence-corrected chi connectivity index (χ4v) is 2.41. The molecule has 0 aromatic carbocycles. The summed E-state index contributed by atoms with van der Waals surface area (Å²) in [5, 5.41) is 11.8. The van der Waals surface area contributed by atoms with Crippen molar-refractivity contribution in [3.05, 3.63) is 0 Å². The quantitative estimate of drug-likeness (QED) is 0.773. The Labute approximate surface area is 121 Å². The molecular weight excluding hydrogens is 258 g/mol. The van der Waals surface area contributed by atoms with Crippen LogP contribution in [0.1, 0.15) is 39.5 Å². The third kappa shape index (κ3) is 6.23. The second-order valence-corrected chi connectivity index (χ2v) is 5.50. The second kappa shape index (κ2) is 8.79. The Morgan fingerprint density at radius 2 is 2.00 bits per heavy atom. The van der Waals surface area contributed by atoms with Gasteiger partial charge in [-0.15, -0.1) is 0 Å². The highest BCUT2D eigenvalue weighted by Gasteiger charge is 2.20. The first kappa shape index (κ1) is 16.8. The Bertz CT molecular complexity index is 323. The van der Waals surface area contributed by atoms with Crippen molar-refractivity contribution < 1.29 is 14.7 Å². The highest BCUT2D eigenvalue weighted by molar-refractivity contribution is 5.74. The molecule has 6 nitrogen and oxygen atoms in total. The van der Waals surface area contributed by atoms with Crippen LogP contribution in [0.15, 0.2) is 0 Å². The fraction of sp³-hybridized carbons (Fsp3) is 0.857. The van der Waals surface area contributed by atoms with Gasteiger partial charge in [0.25, 0.3) is 0 Å². The first-order valence-electron chi connectivity index (χ1n) is 7.52. The third-order valence-corrected chi connectivity index (χ3v) is 3.60. The van der Waals surface area contributed by atoms with Crippen molar-refractivity contribution in [1.29, 1.82) is 0 Å². The predicted molar refractivity (Wildman–Crippen MR) is 77.8 cm³/mol. The molecule has 0 spiro atoms. The molecule has 2 N–H and O–H groups in total. The van der Waals surface area contributed by atoms with E-state index in [1.807, 2.05) is 11.8 Å². The smallest absolute Gasteiger partial charge is 0.317 e. The first-order valence-corrected chi connectivity index (χ1v) is 7.52. The standard InChI is InChI=1S/C14H27N3O3/c1-3-4-6-12(2)15-14(20)17-8-5-7-16(9-10-17)11-13(18)19/h12H,3-11H2,1-2H3,(H,15,20)(H,18,19). The largest absolute Gasteiger partial charge is 0.480 e. The average Bonchev–Trinajstić information content (AvgIpc) is 2.61. The van der Waals surface area contributed by atoms with Crippen LogP contribution in [0, 0.1) is 0 Å². The van der Waals surface area contributed by atoms with E-state index < -0.39 is 5.97 Å². The number of hydrogen-bond donors (Lipinski definition) is 2. The van der Waals surface area contributed by atoms with Gasteiger partial charge >= 0.3 is 12.0 Å². The van der Waals surface area contributed by atoms with Gasteiger partial charge < -0.3 is 15.3 Å². The minimum absolute atomic E-state index is 0.0224. The molecule has 1 aliphatic rings. The maximum absolute atomic E-state index is 12.1. The fourth-order valence-electron chi connectivity index (χ4n) is 2.41. The van der Waals surface area contributed by atoms with Crippen LogP contribution in [0.4, 0.5) is 4.79 Å². The highest BCUT2D eigenvalue weighted by Crippen LogP contribution is 2.05. The number of carboxylic acids is 1. The summed E-state index contributed by atoms with van der Waals surface area (Å²) in [4.78, 5) is 26.5. The topological polar surface area (TPSA) is 72.9 Å². The van der Waals surface area contributed by atoms with Crippen LogP contribution < -0.4 is 5.32 Å². The number of carbonyl (C=O) groups excluding carboxylic acids is 1. The molecule has 2 amide bonds. The van der Waals surface area contributed by atoms with Crippen LogP contribution in [0.25, 0.3) is 0 Å². The van der Waals surface area contributed by atoms with E-state index >= 15 is 0 Å². The monoisotopic (exact) mass is 285 g/mol. The van der Waals surface area contributed by atoms with E-state index in [-0.39, 0.29) is 18.6 Å². The average molecular weight is 285 g/mol. The van der Waals surface area contributed by atoms with Crippen LogP contribution in [0.3, 0.4) is 0 Å². The van der Waals surface area contributed by atoms with Crippen molar-refractivity contribution in [2.24, 2.45) is 0 Å². The van der Waals surface area contributed by atoms with Crippen LogP contribution in [0.5, 0.6) is 0 Å². The molecule has 116 valence electrons. The van der Waals surface area contributed by atoms with Crippen molar-refractivity contribution in [3.8, 4) is 0 Å². The summed E-state index contributed by atoms with van der Waals surface area (Å²) in [6.07, 6.45) is 4.08. The van der Waals surface area contributed by atoms with E-state index in [9.17, 15) is 9.59 Å². The number of carbonyl (C=O) groups is 2. The molecular formula is C14H27N3O3. The lowest BCUT2D eigenvalue weighted by Gasteiger charge is -2.24. The normalized spacial score (nSPS) is 18.4. The van der Waals surface area contributed by atoms with E-state index in [2.05, 4.69) is 12.2 Å². The molecule has 0 aliphatic carbocycles. The van der Waals surface area contributed by atoms with Gasteiger partial charge in [-0.25, -0.2) is 4.79 Å². The molecule has 0 bridgehead atoms. The molecule has 1 unspecified atom stereocenters. The maximum Gasteiger partial charge on any atom is 0.317 e. The molecule has 20 heavy (non-hydrogen) atoms. The van der Waals surface area contributed by atoms with Crippen molar-refractivity contribution >= 4 is 12.0 Å². The number of aliphatic carboxylic acids is 1. The Morgan fingerprint density at radius 1 is 1.25 bits per heavy atom. The van der Waals surface area contributed by atoms with Crippen molar-refractivity contribution in [1.82, 2.24) is 15.1 Å². The van der Waals surface area contributed by atoms with E-state index in [4.69, 9.17) is 5.11 Å². The Kier molecular flexibility index (Phi) is 7.36. The van der Waals surface area contributed by atoms with Crippen LogP contribution >= 0.6 is 0 Å². The molecule has 0 aromatic rings. The van der Waals surface area contributed by atoms with Gasteiger partial charge in [-0.1, -0.05) is 19.8 Å². The number of rotatable bonds is 6. The maximum atomic E-state index is 12.1. The predicted octanol–water partition coefficient (Wildman–Crippen LogP) is 1.37. The number of urea groups is 1. The van der Waals surface area contributed by atoms with Gasteiger partial charge in [0, 0.05) is 32.2 Å². The summed E-state index contributed by atoms with van der Waals surface area (Å²) in [6, 6.07) is 0.173. The van der Waals surface area contributed by atoms with Gasteiger partial charge in [-0.05, 0) is 19.8 Å². The summed E-state index contributed by atoms with van der Waals surface area (Å²) in [7, 11) is 0. The van der Waals surface area contributed by atoms with Crippen molar-refractivity contribution in [2.75, 3.05) is 32.7 Å². The van der Waals surface area contributed by atoms with Crippen LogP contribution in [0.2, 0.25) is 0 Å². The molecule has 1 saturated heterocycles. The van der Waals surface area contributed by atoms with Crippen LogP contribution in [-0.2, 0) is 4.79 Å². The molecule has 6 heteroatoms. The number of unbranched alkanes of at least 4 members (excludes halogenated alkanes) is 1. The summed E-state index contributed by atoms with van der Waals surface area (Å²) in [5.41, 5.74) is 0. The molecule has 1 rings (SSSR count). The molecule has 1 heterocycles. The zero-order chi connectivity index (χ0) is 15.0. The first-order chi connectivity index (χ1) is 9.52. The molecule has 1 fully saturated rings. The minimum Gasteiger partial charge on any atom is -0.480 e. The van der Waals surface area contributed by atoms with Crippen molar-refractivity contribution in [2.45, 2.75) is 45.6 Å². The van der Waals surface area contributed by atoms with Gasteiger partial charge in [-0.3, -0.25) is 9.69 Å². The van der Waals surface area contributed by atoms with E-state index in [1.165, 1.54) is 0 Å². The zero-order valence-corrected chi connectivity index (χ0v) is 12.6. The molecule has 0 saturated carbocycles. The van der Waals surface area contributed by atoms with Crippen LogP contribution in [-0.4, -0.2) is 65.7 Å². The summed E-state index contributed by atoms with van der Waals surface area (Å²) < 4.78 is 0. The van der Waals surface area contributed by atoms with Gasteiger partial charge in [0.2, 0.25) is 0 Å². The van der Waals surface area contributed by atoms with Gasteiger partial charge in [0.05, 0.1) is 6.54 Å². The van der Waals surface area contributed by atoms with Crippen molar-refractivity contribution in [3.63, 3.8) is 0 Å².